The Morgan fingerprint density at radius 2 is 1.82 bits per heavy atom. The van der Waals surface area contributed by atoms with E-state index in [9.17, 15) is 13.2 Å². The summed E-state index contributed by atoms with van der Waals surface area (Å²) >= 11 is 3.44. The van der Waals surface area contributed by atoms with E-state index in [0.29, 0.717) is 22.5 Å². The van der Waals surface area contributed by atoms with Crippen LogP contribution in [-0.2, 0) is 15.8 Å². The third-order valence-electron chi connectivity index (χ3n) is 4.03. The van der Waals surface area contributed by atoms with Gasteiger partial charge in [0.05, 0.1) is 22.7 Å². The maximum atomic E-state index is 12.6. The molecule has 0 atom stereocenters. The van der Waals surface area contributed by atoms with Crippen LogP contribution in [0, 0.1) is 6.92 Å². The van der Waals surface area contributed by atoms with Gasteiger partial charge in [0, 0.05) is 15.7 Å². The number of nitrogens with zero attached hydrogens (tertiary/aromatic N) is 1. The second kappa shape index (κ2) is 8.22. The van der Waals surface area contributed by atoms with Gasteiger partial charge in [-0.15, -0.1) is 0 Å². The maximum absolute atomic E-state index is 12.6. The van der Waals surface area contributed by atoms with Crippen LogP contribution in [0.2, 0.25) is 0 Å². The third-order valence-corrected chi connectivity index (χ3v) is 5.26. The topological polar surface area (TPSA) is 102 Å². The van der Waals surface area contributed by atoms with Crippen molar-refractivity contribution in [1.82, 2.24) is 4.98 Å². The first-order chi connectivity index (χ1) is 13.2. The Balaban J connectivity index is 1.76. The van der Waals surface area contributed by atoms with E-state index in [1.807, 2.05) is 24.3 Å². The predicted molar refractivity (Wildman–Crippen MR) is 113 cm³/mol. The van der Waals surface area contributed by atoms with E-state index in [1.165, 1.54) is 0 Å². The normalized spacial score (nSPS) is 11.2. The number of anilines is 1. The highest BCUT2D eigenvalue weighted by molar-refractivity contribution is 9.10. The molecule has 0 radical (unpaired) electrons. The first-order valence-electron chi connectivity index (χ1n) is 8.36. The van der Waals surface area contributed by atoms with Gasteiger partial charge < -0.3 is 5.32 Å². The zero-order valence-corrected chi connectivity index (χ0v) is 17.4. The van der Waals surface area contributed by atoms with Crippen LogP contribution in [0.3, 0.4) is 0 Å². The fraction of sp³-hybridized carbons (Fsp3) is 0.100. The van der Waals surface area contributed by atoms with Gasteiger partial charge in [-0.1, -0.05) is 40.2 Å². The lowest BCUT2D eigenvalue weighted by atomic mass is 10.1. The molecule has 28 heavy (non-hydrogen) atoms. The number of hydrogen-bond donors (Lipinski definition) is 2. The van der Waals surface area contributed by atoms with E-state index >= 15 is 0 Å². The summed E-state index contributed by atoms with van der Waals surface area (Å²) in [5.74, 6) is -0.536. The molecular formula is C20H18BrN3O3S. The summed E-state index contributed by atoms with van der Waals surface area (Å²) in [4.78, 5) is 17.1. The van der Waals surface area contributed by atoms with E-state index in [2.05, 4.69) is 26.2 Å². The molecule has 1 heterocycles. The minimum atomic E-state index is -3.59. The molecule has 0 saturated heterocycles. The second-order valence-corrected chi connectivity index (χ2v) is 8.83. The molecule has 3 N–H and O–H groups in total. The minimum Gasteiger partial charge on any atom is -0.322 e. The number of carbonyl (C=O) groups is 1. The molecule has 3 aromatic rings. The number of nitrogens with two attached hydrogens (primary N) is 1. The second-order valence-electron chi connectivity index (χ2n) is 6.30. The summed E-state index contributed by atoms with van der Waals surface area (Å²) in [7, 11) is -3.59. The lowest BCUT2D eigenvalue weighted by Gasteiger charge is -2.10. The van der Waals surface area contributed by atoms with Crippen molar-refractivity contribution in [2.24, 2.45) is 5.14 Å². The fourth-order valence-electron chi connectivity index (χ4n) is 2.72. The van der Waals surface area contributed by atoms with Crippen molar-refractivity contribution >= 4 is 37.5 Å². The Bertz CT molecular complexity index is 1130. The number of pyridine rings is 1. The molecule has 1 aromatic heterocycles. The Kier molecular flexibility index (Phi) is 5.93. The highest BCUT2D eigenvalue weighted by Gasteiger charge is 2.12. The molecule has 0 bridgehead atoms. The van der Waals surface area contributed by atoms with Crippen LogP contribution in [0.15, 0.2) is 65.1 Å². The van der Waals surface area contributed by atoms with Gasteiger partial charge in [-0.05, 0) is 48.9 Å². The number of nitrogens with one attached hydrogen (secondary N) is 1. The van der Waals surface area contributed by atoms with Gasteiger partial charge in [-0.3, -0.25) is 9.78 Å². The number of carbonyl (C=O) groups excluding carboxylic acids is 1. The molecule has 0 aliphatic rings. The van der Waals surface area contributed by atoms with Crippen molar-refractivity contribution in [3.05, 3.63) is 82.0 Å². The standard InChI is InChI=1S/C20H18BrN3O3S/c1-13-18(9-10-19(23-13)15-3-2-4-16(21)11-15)20(25)24-17-7-5-14(6-8-17)12-28(22,26)27/h2-11H,12H2,1H3,(H,24,25)(H2,22,26,27). The van der Waals surface area contributed by atoms with Crippen molar-refractivity contribution in [2.75, 3.05) is 5.32 Å². The Morgan fingerprint density at radius 3 is 2.43 bits per heavy atom. The first kappa shape index (κ1) is 20.2. The molecule has 0 spiro atoms. The number of aryl methyl sites for hydroxylation is 1. The molecule has 0 aliphatic carbocycles. The van der Waals surface area contributed by atoms with Crippen molar-refractivity contribution in [1.29, 1.82) is 0 Å². The monoisotopic (exact) mass is 459 g/mol. The number of halogens is 1. The predicted octanol–water partition coefficient (Wildman–Crippen LogP) is 3.86. The minimum absolute atomic E-state index is 0.249. The zero-order chi connectivity index (χ0) is 20.3. The lowest BCUT2D eigenvalue weighted by molar-refractivity contribution is 0.102. The van der Waals surface area contributed by atoms with Crippen LogP contribution in [0.25, 0.3) is 11.3 Å². The Hall–Kier alpha value is -2.55. The van der Waals surface area contributed by atoms with Crippen molar-refractivity contribution < 1.29 is 13.2 Å². The average Bonchev–Trinajstić information content (AvgIpc) is 2.62. The quantitative estimate of drug-likeness (QED) is 0.604. The van der Waals surface area contributed by atoms with Gasteiger partial charge >= 0.3 is 0 Å². The first-order valence-corrected chi connectivity index (χ1v) is 10.9. The molecule has 0 fully saturated rings. The van der Waals surface area contributed by atoms with Crippen LogP contribution in [0.4, 0.5) is 5.69 Å². The molecule has 0 unspecified atom stereocenters. The molecule has 6 nitrogen and oxygen atoms in total. The number of aromatic nitrogens is 1. The van der Waals surface area contributed by atoms with Crippen LogP contribution in [-0.4, -0.2) is 19.3 Å². The molecule has 0 aliphatic heterocycles. The van der Waals surface area contributed by atoms with Crippen LogP contribution >= 0.6 is 15.9 Å². The largest absolute Gasteiger partial charge is 0.322 e. The number of hydrogen-bond acceptors (Lipinski definition) is 4. The Labute approximate surface area is 172 Å². The van der Waals surface area contributed by atoms with Crippen molar-refractivity contribution in [3.63, 3.8) is 0 Å². The molecule has 8 heteroatoms. The van der Waals surface area contributed by atoms with Crippen LogP contribution in [0.5, 0.6) is 0 Å². The number of primary sulfonamides is 1. The number of amides is 1. The zero-order valence-electron chi connectivity index (χ0n) is 15.0. The Morgan fingerprint density at radius 1 is 1.11 bits per heavy atom. The molecule has 0 saturated carbocycles. The van der Waals surface area contributed by atoms with Gasteiger partial charge in [0.25, 0.3) is 5.91 Å². The molecule has 3 rings (SSSR count). The van der Waals surface area contributed by atoms with Crippen molar-refractivity contribution in [2.45, 2.75) is 12.7 Å². The van der Waals surface area contributed by atoms with Crippen molar-refractivity contribution in [3.8, 4) is 11.3 Å². The van der Waals surface area contributed by atoms with E-state index in [1.54, 1.807) is 43.3 Å². The average molecular weight is 460 g/mol. The van der Waals surface area contributed by atoms with Gasteiger partial charge in [0.1, 0.15) is 0 Å². The van der Waals surface area contributed by atoms with Crippen LogP contribution in [0.1, 0.15) is 21.6 Å². The molecular weight excluding hydrogens is 442 g/mol. The molecule has 1 amide bonds. The molecule has 144 valence electrons. The molecule has 2 aromatic carbocycles. The number of sulfonamides is 1. The summed E-state index contributed by atoms with van der Waals surface area (Å²) in [5.41, 5.74) is 3.92. The highest BCUT2D eigenvalue weighted by Crippen LogP contribution is 2.23. The maximum Gasteiger partial charge on any atom is 0.257 e. The number of benzene rings is 2. The van der Waals surface area contributed by atoms with Gasteiger partial charge in [0.2, 0.25) is 10.0 Å². The van der Waals surface area contributed by atoms with E-state index in [4.69, 9.17) is 5.14 Å². The summed E-state index contributed by atoms with van der Waals surface area (Å²) in [5, 5.41) is 7.82. The van der Waals surface area contributed by atoms with E-state index in [0.717, 1.165) is 15.7 Å². The smallest absolute Gasteiger partial charge is 0.257 e. The third kappa shape index (κ3) is 5.25. The van der Waals surface area contributed by atoms with Crippen LogP contribution < -0.4 is 10.5 Å². The lowest BCUT2D eigenvalue weighted by Crippen LogP contribution is -2.15. The van der Waals surface area contributed by atoms with Gasteiger partial charge in [0.15, 0.2) is 0 Å². The fourth-order valence-corrected chi connectivity index (χ4v) is 3.78. The summed E-state index contributed by atoms with van der Waals surface area (Å²) < 4.78 is 23.2. The van der Waals surface area contributed by atoms with Gasteiger partial charge in [-0.25, -0.2) is 13.6 Å². The summed E-state index contributed by atoms with van der Waals surface area (Å²) in [6, 6.07) is 17.8. The summed E-state index contributed by atoms with van der Waals surface area (Å²) in [6.45, 7) is 1.78. The van der Waals surface area contributed by atoms with E-state index in [-0.39, 0.29) is 11.7 Å². The highest BCUT2D eigenvalue weighted by atomic mass is 79.9. The SMILES string of the molecule is Cc1nc(-c2cccc(Br)c2)ccc1C(=O)Nc1ccc(CS(N)(=O)=O)cc1. The van der Waals surface area contributed by atoms with E-state index < -0.39 is 10.0 Å². The number of rotatable bonds is 5. The van der Waals surface area contributed by atoms with Gasteiger partial charge in [-0.2, -0.15) is 0 Å². The summed E-state index contributed by atoms with van der Waals surface area (Å²) in [6.07, 6.45) is 0.